The Morgan fingerprint density at radius 3 is 2.65 bits per heavy atom. The predicted molar refractivity (Wildman–Crippen MR) is 120 cm³/mol. The molecule has 0 saturated carbocycles. The van der Waals surface area contributed by atoms with Gasteiger partial charge >= 0.3 is 0 Å². The fraction of sp³-hybridized carbons (Fsp3) is 0.417. The molecule has 2 aromatic heterocycles. The first kappa shape index (κ1) is 21.0. The Labute approximate surface area is 182 Å². The van der Waals surface area contributed by atoms with Crippen molar-refractivity contribution in [1.29, 1.82) is 0 Å². The van der Waals surface area contributed by atoms with Gasteiger partial charge in [0.2, 0.25) is 0 Å². The second kappa shape index (κ2) is 10.2. The van der Waals surface area contributed by atoms with Crippen LogP contribution >= 0.6 is 0 Å². The number of nitrogens with zero attached hydrogens (tertiary/aromatic N) is 4. The average molecular weight is 420 g/mol. The summed E-state index contributed by atoms with van der Waals surface area (Å²) in [6.45, 7) is 4.24. The van der Waals surface area contributed by atoms with Gasteiger partial charge in [-0.3, -0.25) is 9.48 Å². The second-order valence-corrected chi connectivity index (χ2v) is 7.80. The zero-order valence-electron chi connectivity index (χ0n) is 18.0. The fourth-order valence-corrected chi connectivity index (χ4v) is 3.67. The van der Waals surface area contributed by atoms with Gasteiger partial charge in [-0.05, 0) is 42.8 Å². The van der Waals surface area contributed by atoms with E-state index >= 15 is 0 Å². The summed E-state index contributed by atoms with van der Waals surface area (Å²) in [4.78, 5) is 21.1. The summed E-state index contributed by atoms with van der Waals surface area (Å²) in [5.74, 6) is 1.38. The lowest BCUT2D eigenvalue weighted by Gasteiger charge is -2.13. The van der Waals surface area contributed by atoms with Crippen molar-refractivity contribution in [1.82, 2.24) is 25.1 Å². The van der Waals surface area contributed by atoms with Gasteiger partial charge in [0.25, 0.3) is 5.91 Å². The van der Waals surface area contributed by atoms with Crippen LogP contribution < -0.4 is 10.1 Å². The SMILES string of the molecule is CCCCCCCCOc1ccc(-c2nccc(-c3cc4n(n3)CCNC4=O)n2)cc1. The highest BCUT2D eigenvalue weighted by Crippen LogP contribution is 2.23. The van der Waals surface area contributed by atoms with Gasteiger partial charge in [-0.25, -0.2) is 9.97 Å². The van der Waals surface area contributed by atoms with Crippen molar-refractivity contribution < 1.29 is 9.53 Å². The molecule has 3 heterocycles. The molecule has 1 amide bonds. The van der Waals surface area contributed by atoms with Crippen molar-refractivity contribution >= 4 is 5.91 Å². The minimum Gasteiger partial charge on any atom is -0.494 e. The van der Waals surface area contributed by atoms with E-state index in [2.05, 4.69) is 27.3 Å². The minimum absolute atomic E-state index is 0.101. The Bertz CT molecular complexity index is 1010. The third-order valence-electron chi connectivity index (χ3n) is 5.42. The second-order valence-electron chi connectivity index (χ2n) is 7.80. The van der Waals surface area contributed by atoms with E-state index < -0.39 is 0 Å². The van der Waals surface area contributed by atoms with Gasteiger partial charge in [0.1, 0.15) is 17.1 Å². The topological polar surface area (TPSA) is 81.9 Å². The first-order chi connectivity index (χ1) is 15.2. The predicted octanol–water partition coefficient (Wildman–Crippen LogP) is 4.49. The van der Waals surface area contributed by atoms with E-state index in [1.165, 1.54) is 32.1 Å². The van der Waals surface area contributed by atoms with Crippen LogP contribution in [0.15, 0.2) is 42.6 Å². The maximum atomic E-state index is 12.0. The molecule has 0 bridgehead atoms. The number of nitrogens with one attached hydrogen (secondary N) is 1. The zero-order valence-corrected chi connectivity index (χ0v) is 18.0. The molecule has 0 fully saturated rings. The van der Waals surface area contributed by atoms with E-state index in [1.807, 2.05) is 30.3 Å². The number of fused-ring (bicyclic) bond motifs is 1. The van der Waals surface area contributed by atoms with Gasteiger partial charge in [0.05, 0.1) is 18.8 Å². The molecule has 0 atom stereocenters. The van der Waals surface area contributed by atoms with Crippen molar-refractivity contribution in [2.45, 2.75) is 52.0 Å². The molecule has 1 N–H and O–H groups in total. The van der Waals surface area contributed by atoms with Crippen LogP contribution in [0.4, 0.5) is 0 Å². The first-order valence-electron chi connectivity index (χ1n) is 11.2. The number of ether oxygens (including phenoxy) is 1. The quantitative estimate of drug-likeness (QED) is 0.490. The lowest BCUT2D eigenvalue weighted by molar-refractivity contribution is 0.0924. The Hall–Kier alpha value is -3.22. The standard InChI is InChI=1S/C24H29N5O2/c1-2-3-4-5-6-7-16-31-19-10-8-18(9-11-19)23-25-13-12-20(27-23)21-17-22-24(30)26-14-15-29(22)28-21/h8-13,17H,2-7,14-16H2,1H3,(H,26,30). The molecular formula is C24H29N5O2. The monoisotopic (exact) mass is 419 g/mol. The van der Waals surface area contributed by atoms with Crippen molar-refractivity contribution in [3.05, 3.63) is 48.3 Å². The molecule has 31 heavy (non-hydrogen) atoms. The van der Waals surface area contributed by atoms with Gasteiger partial charge in [-0.2, -0.15) is 5.10 Å². The summed E-state index contributed by atoms with van der Waals surface area (Å²) in [7, 11) is 0. The number of hydrogen-bond donors (Lipinski definition) is 1. The van der Waals surface area contributed by atoms with E-state index in [1.54, 1.807) is 16.9 Å². The lowest BCUT2D eigenvalue weighted by atomic mass is 10.1. The molecular weight excluding hydrogens is 390 g/mol. The van der Waals surface area contributed by atoms with Crippen molar-refractivity contribution in [2.24, 2.45) is 0 Å². The van der Waals surface area contributed by atoms with E-state index in [-0.39, 0.29) is 5.91 Å². The molecule has 7 nitrogen and oxygen atoms in total. The molecule has 1 aromatic carbocycles. The number of hydrogen-bond acceptors (Lipinski definition) is 5. The molecule has 0 aliphatic carbocycles. The van der Waals surface area contributed by atoms with Crippen LogP contribution in [-0.2, 0) is 6.54 Å². The summed E-state index contributed by atoms with van der Waals surface area (Å²) < 4.78 is 7.59. The number of unbranched alkanes of at least 4 members (excludes halogenated alkanes) is 5. The van der Waals surface area contributed by atoms with Crippen molar-refractivity contribution in [3.63, 3.8) is 0 Å². The molecule has 0 unspecified atom stereocenters. The number of carbonyl (C=O) groups excluding carboxylic acids is 1. The fourth-order valence-electron chi connectivity index (χ4n) is 3.67. The molecule has 1 aliphatic rings. The average Bonchev–Trinajstić information content (AvgIpc) is 3.25. The summed E-state index contributed by atoms with van der Waals surface area (Å²) in [5, 5.41) is 7.36. The minimum atomic E-state index is -0.101. The van der Waals surface area contributed by atoms with Gasteiger partial charge < -0.3 is 10.1 Å². The highest BCUT2D eigenvalue weighted by Gasteiger charge is 2.20. The third kappa shape index (κ3) is 5.29. The highest BCUT2D eigenvalue weighted by atomic mass is 16.5. The van der Waals surface area contributed by atoms with E-state index in [0.717, 1.165) is 24.3 Å². The van der Waals surface area contributed by atoms with E-state index in [0.29, 0.717) is 36.0 Å². The van der Waals surface area contributed by atoms with Gasteiger partial charge in [-0.1, -0.05) is 39.0 Å². The van der Waals surface area contributed by atoms with Crippen LogP contribution in [0.25, 0.3) is 22.8 Å². The number of carbonyl (C=O) groups is 1. The molecule has 162 valence electrons. The van der Waals surface area contributed by atoms with Crippen LogP contribution in [0.2, 0.25) is 0 Å². The Morgan fingerprint density at radius 2 is 1.84 bits per heavy atom. The lowest BCUT2D eigenvalue weighted by Crippen LogP contribution is -2.35. The third-order valence-corrected chi connectivity index (χ3v) is 5.42. The number of amides is 1. The Balaban J connectivity index is 1.37. The van der Waals surface area contributed by atoms with Crippen molar-refractivity contribution in [3.8, 4) is 28.5 Å². The number of aromatic nitrogens is 4. The summed E-state index contributed by atoms with van der Waals surface area (Å²) in [6, 6.07) is 11.5. The van der Waals surface area contributed by atoms with Crippen LogP contribution in [0.3, 0.4) is 0 Å². The summed E-state index contributed by atoms with van der Waals surface area (Å²) in [6.07, 6.45) is 9.23. The number of rotatable bonds is 10. The van der Waals surface area contributed by atoms with E-state index in [4.69, 9.17) is 4.74 Å². The molecule has 3 aromatic rings. The normalized spacial score (nSPS) is 13.0. The maximum Gasteiger partial charge on any atom is 0.269 e. The molecule has 0 radical (unpaired) electrons. The van der Waals surface area contributed by atoms with Gasteiger partial charge in [-0.15, -0.1) is 0 Å². The Morgan fingerprint density at radius 1 is 1.03 bits per heavy atom. The first-order valence-corrected chi connectivity index (χ1v) is 11.2. The van der Waals surface area contributed by atoms with Crippen LogP contribution in [-0.4, -0.2) is 38.8 Å². The molecule has 0 saturated heterocycles. The zero-order chi connectivity index (χ0) is 21.5. The van der Waals surface area contributed by atoms with Crippen LogP contribution in [0, 0.1) is 0 Å². The Kier molecular flexibility index (Phi) is 6.92. The summed E-state index contributed by atoms with van der Waals surface area (Å²) in [5.41, 5.74) is 2.85. The van der Waals surface area contributed by atoms with Crippen molar-refractivity contribution in [2.75, 3.05) is 13.2 Å². The molecule has 4 rings (SSSR count). The molecule has 0 spiro atoms. The van der Waals surface area contributed by atoms with Crippen LogP contribution in [0.1, 0.15) is 55.9 Å². The maximum absolute atomic E-state index is 12.0. The van der Waals surface area contributed by atoms with Gasteiger partial charge in [0, 0.05) is 18.3 Å². The summed E-state index contributed by atoms with van der Waals surface area (Å²) >= 11 is 0. The molecule has 7 heteroatoms. The largest absolute Gasteiger partial charge is 0.494 e. The number of benzene rings is 1. The smallest absolute Gasteiger partial charge is 0.269 e. The molecule has 1 aliphatic heterocycles. The van der Waals surface area contributed by atoms with E-state index in [9.17, 15) is 4.79 Å². The van der Waals surface area contributed by atoms with Gasteiger partial charge in [0.15, 0.2) is 5.82 Å². The van der Waals surface area contributed by atoms with Crippen LogP contribution in [0.5, 0.6) is 5.75 Å². The highest BCUT2D eigenvalue weighted by molar-refractivity contribution is 5.94.